The van der Waals surface area contributed by atoms with E-state index in [4.69, 9.17) is 0 Å². The van der Waals surface area contributed by atoms with Gasteiger partial charge in [-0.05, 0) is 40.0 Å². The van der Waals surface area contributed by atoms with E-state index in [0.717, 1.165) is 6.26 Å². The number of hydrogen-bond donors (Lipinski definition) is 1. The summed E-state index contributed by atoms with van der Waals surface area (Å²) in [6.07, 6.45) is 5.38. The highest BCUT2D eigenvalue weighted by atomic mass is 32.2. The monoisotopic (exact) mass is 210 g/mol. The summed E-state index contributed by atoms with van der Waals surface area (Å²) in [5.41, 5.74) is 0. The van der Waals surface area contributed by atoms with Crippen molar-refractivity contribution in [2.75, 3.05) is 33.4 Å². The standard InChI is InChI=1S/C6H13N.C2H7NO2S.H2/c1-7-5-3-2-4-6-7;1-3-6(2,4)5;/h2-6H2,1H3;3H,1-2H3;1H. The van der Waals surface area contributed by atoms with Crippen LogP contribution in [-0.4, -0.2) is 46.8 Å². The lowest BCUT2D eigenvalue weighted by Gasteiger charge is -2.20. The van der Waals surface area contributed by atoms with E-state index in [1.807, 2.05) is 0 Å². The summed E-state index contributed by atoms with van der Waals surface area (Å²) in [4.78, 5) is 2.39. The second kappa shape index (κ2) is 6.34. The van der Waals surface area contributed by atoms with Crippen LogP contribution >= 0.6 is 0 Å². The molecule has 0 atom stereocenters. The van der Waals surface area contributed by atoms with Crippen molar-refractivity contribution in [3.05, 3.63) is 0 Å². The summed E-state index contributed by atoms with van der Waals surface area (Å²) >= 11 is 0. The molecule has 4 nitrogen and oxygen atoms in total. The van der Waals surface area contributed by atoms with Crippen LogP contribution < -0.4 is 4.72 Å². The van der Waals surface area contributed by atoms with Crippen LogP contribution in [0.1, 0.15) is 20.7 Å². The molecule has 1 rings (SSSR count). The second-order valence-corrected chi connectivity index (χ2v) is 5.29. The molecule has 0 bridgehead atoms. The number of rotatable bonds is 1. The van der Waals surface area contributed by atoms with E-state index in [9.17, 15) is 8.42 Å². The molecule has 0 radical (unpaired) electrons. The van der Waals surface area contributed by atoms with Crippen molar-refractivity contribution in [2.24, 2.45) is 0 Å². The molecule has 1 aliphatic rings. The van der Waals surface area contributed by atoms with Gasteiger partial charge in [-0.1, -0.05) is 6.42 Å². The molecule has 0 aromatic rings. The van der Waals surface area contributed by atoms with Gasteiger partial charge in [0.2, 0.25) is 10.0 Å². The van der Waals surface area contributed by atoms with Crippen molar-refractivity contribution in [2.45, 2.75) is 19.3 Å². The molecule has 1 heterocycles. The van der Waals surface area contributed by atoms with Gasteiger partial charge in [-0.25, -0.2) is 13.1 Å². The van der Waals surface area contributed by atoms with Crippen molar-refractivity contribution in [3.8, 4) is 0 Å². The number of hydrogen-bond acceptors (Lipinski definition) is 3. The first kappa shape index (κ1) is 12.9. The number of nitrogens with zero attached hydrogens (tertiary/aromatic N) is 1. The van der Waals surface area contributed by atoms with Crippen LogP contribution in [0, 0.1) is 0 Å². The lowest BCUT2D eigenvalue weighted by atomic mass is 10.1. The fourth-order valence-electron chi connectivity index (χ4n) is 1.05. The minimum absolute atomic E-state index is 0. The average molecular weight is 210 g/mol. The van der Waals surface area contributed by atoms with Gasteiger partial charge in [0.1, 0.15) is 0 Å². The predicted molar refractivity (Wildman–Crippen MR) is 57.4 cm³/mol. The Hall–Kier alpha value is -0.130. The highest BCUT2D eigenvalue weighted by Crippen LogP contribution is 2.04. The molecule has 0 spiro atoms. The third-order valence-electron chi connectivity index (χ3n) is 1.95. The molecule has 1 fully saturated rings. The Morgan fingerprint density at radius 1 is 1.23 bits per heavy atom. The molecule has 0 unspecified atom stereocenters. The molecule has 1 N–H and O–H groups in total. The highest BCUT2D eigenvalue weighted by Gasteiger charge is 2.02. The van der Waals surface area contributed by atoms with Gasteiger partial charge in [-0.3, -0.25) is 0 Å². The summed E-state index contributed by atoms with van der Waals surface area (Å²) in [5, 5.41) is 0. The van der Waals surface area contributed by atoms with Crippen molar-refractivity contribution in [1.82, 2.24) is 9.62 Å². The smallest absolute Gasteiger partial charge is 0.208 e. The molecule has 5 heteroatoms. The first-order valence-electron chi connectivity index (χ1n) is 4.53. The van der Waals surface area contributed by atoms with Crippen LogP contribution in [0.5, 0.6) is 0 Å². The lowest BCUT2D eigenvalue weighted by Crippen LogP contribution is -2.24. The van der Waals surface area contributed by atoms with Gasteiger partial charge in [0.05, 0.1) is 6.26 Å². The number of piperidine rings is 1. The zero-order valence-corrected chi connectivity index (χ0v) is 9.52. The van der Waals surface area contributed by atoms with Crippen molar-refractivity contribution in [3.63, 3.8) is 0 Å². The maximum absolute atomic E-state index is 9.89. The Balaban J connectivity index is 0. The number of nitrogens with one attached hydrogen (secondary N) is 1. The van der Waals surface area contributed by atoms with Gasteiger partial charge in [-0.15, -0.1) is 0 Å². The molecule has 13 heavy (non-hydrogen) atoms. The van der Waals surface area contributed by atoms with Crippen LogP contribution in [-0.2, 0) is 10.0 Å². The van der Waals surface area contributed by atoms with Crippen LogP contribution in [0.15, 0.2) is 0 Å². The maximum Gasteiger partial charge on any atom is 0.208 e. The summed E-state index contributed by atoms with van der Waals surface area (Å²) in [7, 11) is 0.652. The fraction of sp³-hybridized carbons (Fsp3) is 1.00. The van der Waals surface area contributed by atoms with Crippen LogP contribution in [0.25, 0.3) is 0 Å². The summed E-state index contributed by atoms with van der Waals surface area (Å²) in [6, 6.07) is 0. The van der Waals surface area contributed by atoms with Crippen molar-refractivity contribution >= 4 is 10.0 Å². The van der Waals surface area contributed by atoms with Crippen molar-refractivity contribution < 1.29 is 9.84 Å². The molecule has 0 amide bonds. The van der Waals surface area contributed by atoms with Gasteiger partial charge in [0, 0.05) is 1.43 Å². The Labute approximate surface area is 82.8 Å². The largest absolute Gasteiger partial charge is 0.306 e. The van der Waals surface area contributed by atoms with Crippen LogP contribution in [0.3, 0.4) is 0 Å². The third-order valence-corrected chi connectivity index (χ3v) is 2.69. The Bertz CT molecular complexity index is 213. The molecule has 0 aromatic carbocycles. The molecular weight excluding hydrogens is 188 g/mol. The fourth-order valence-corrected chi connectivity index (χ4v) is 1.05. The first-order valence-corrected chi connectivity index (χ1v) is 6.42. The van der Waals surface area contributed by atoms with Gasteiger partial charge in [-0.2, -0.15) is 0 Å². The minimum Gasteiger partial charge on any atom is -0.306 e. The predicted octanol–water partition coefficient (Wildman–Crippen LogP) is 0.513. The van der Waals surface area contributed by atoms with E-state index < -0.39 is 10.0 Å². The molecular formula is C8H22N2O2S. The van der Waals surface area contributed by atoms with Gasteiger partial charge in [0.15, 0.2) is 0 Å². The summed E-state index contributed by atoms with van der Waals surface area (Å²) in [5.74, 6) is 0. The maximum atomic E-state index is 9.89. The number of likely N-dealkylation sites (tertiary alicyclic amines) is 1. The number of sulfonamides is 1. The molecule has 0 aliphatic carbocycles. The van der Waals surface area contributed by atoms with Gasteiger partial charge >= 0.3 is 0 Å². The zero-order chi connectivity index (χ0) is 10.3. The van der Waals surface area contributed by atoms with Gasteiger partial charge in [0.25, 0.3) is 0 Å². The molecule has 82 valence electrons. The normalized spacial score (nSPS) is 19.0. The summed E-state index contributed by atoms with van der Waals surface area (Å²) in [6.45, 7) is 2.64. The van der Waals surface area contributed by atoms with E-state index in [0.29, 0.717) is 0 Å². The average Bonchev–Trinajstić information content (AvgIpc) is 2.06. The van der Waals surface area contributed by atoms with Crippen LogP contribution in [0.2, 0.25) is 0 Å². The van der Waals surface area contributed by atoms with E-state index in [2.05, 4.69) is 16.7 Å². The highest BCUT2D eigenvalue weighted by molar-refractivity contribution is 7.88. The van der Waals surface area contributed by atoms with E-state index in [1.54, 1.807) is 0 Å². The molecule has 0 aromatic heterocycles. The van der Waals surface area contributed by atoms with E-state index >= 15 is 0 Å². The molecule has 0 saturated carbocycles. The topological polar surface area (TPSA) is 49.4 Å². The zero-order valence-electron chi connectivity index (χ0n) is 8.71. The molecule has 1 saturated heterocycles. The third kappa shape index (κ3) is 9.79. The second-order valence-electron chi connectivity index (χ2n) is 3.34. The SMILES string of the molecule is CN1CCCCC1.CNS(C)(=O)=O.[HH]. The van der Waals surface area contributed by atoms with Crippen molar-refractivity contribution in [1.29, 1.82) is 0 Å². The van der Waals surface area contributed by atoms with E-state index in [1.165, 1.54) is 39.4 Å². The quantitative estimate of drug-likeness (QED) is 0.686. The Kier molecular flexibility index (Phi) is 6.28. The Morgan fingerprint density at radius 3 is 1.77 bits per heavy atom. The van der Waals surface area contributed by atoms with Gasteiger partial charge < -0.3 is 4.90 Å². The van der Waals surface area contributed by atoms with E-state index in [-0.39, 0.29) is 1.43 Å². The summed E-state index contributed by atoms with van der Waals surface area (Å²) < 4.78 is 21.9. The van der Waals surface area contributed by atoms with Crippen LogP contribution in [0.4, 0.5) is 0 Å². The minimum atomic E-state index is -2.91. The molecule has 1 aliphatic heterocycles. The first-order chi connectivity index (χ1) is 5.95. The Morgan fingerprint density at radius 2 is 1.62 bits per heavy atom. The lowest BCUT2D eigenvalue weighted by molar-refractivity contribution is 0.277.